The van der Waals surface area contributed by atoms with Crippen LogP contribution in [-0.4, -0.2) is 83.1 Å². The molecule has 2 aliphatic carbocycles. The number of hydrogen-bond donors (Lipinski definition) is 6. The first kappa shape index (κ1) is 80.1. The summed E-state index contributed by atoms with van der Waals surface area (Å²) >= 11 is 4.75. The highest BCUT2D eigenvalue weighted by molar-refractivity contribution is 6.61. The Labute approximate surface area is 526 Å². The van der Waals surface area contributed by atoms with Gasteiger partial charge in [-0.2, -0.15) is 48.3 Å². The summed E-state index contributed by atoms with van der Waals surface area (Å²) in [6, 6.07) is 30.2. The molecule has 92 heavy (non-hydrogen) atoms. The first-order chi connectivity index (χ1) is 41.6. The number of urea groups is 1. The third kappa shape index (κ3) is 23.6. The first-order valence-electron chi connectivity index (χ1n) is 26.7. The van der Waals surface area contributed by atoms with E-state index in [0.29, 0.717) is 67.5 Å². The van der Waals surface area contributed by atoms with Gasteiger partial charge >= 0.3 is 48.6 Å². The van der Waals surface area contributed by atoms with Crippen molar-refractivity contribution in [2.45, 2.75) is 147 Å². The van der Waals surface area contributed by atoms with Gasteiger partial charge in [0.05, 0.1) is 41.1 Å². The maximum Gasteiger partial charge on any atom is 0.471 e. The second-order valence-electron chi connectivity index (χ2n) is 20.3. The highest BCUT2D eigenvalue weighted by Gasteiger charge is 2.47. The third-order valence-corrected chi connectivity index (χ3v) is 13.6. The highest BCUT2D eigenvalue weighted by atomic mass is 35.5. The number of nitrogens with one attached hydrogen (secondary N) is 3. The zero-order valence-electron chi connectivity index (χ0n) is 46.7. The Morgan fingerprint density at radius 1 is 0.565 bits per heavy atom. The van der Waals surface area contributed by atoms with Gasteiger partial charge in [0.15, 0.2) is 0 Å². The Morgan fingerprint density at radius 2 is 0.967 bits per heavy atom. The van der Waals surface area contributed by atoms with Crippen LogP contribution in [0.15, 0.2) is 158 Å². The number of carbonyl (C=O) groups excluding carboxylic acids is 3. The minimum Gasteiger partial charge on any atom is -0.428 e. The molecule has 6 aromatic carbocycles. The molecule has 0 saturated heterocycles. The first-order valence-corrected chi connectivity index (χ1v) is 27.1. The number of amides is 3. The molecule has 6 aromatic rings. The zero-order chi connectivity index (χ0) is 66.1. The van der Waals surface area contributed by atoms with Crippen LogP contribution in [0.2, 0.25) is 0 Å². The second kappa shape index (κ2) is 35.1. The van der Waals surface area contributed by atoms with Crippen molar-refractivity contribution >= 4 is 29.0 Å². The van der Waals surface area contributed by atoms with Crippen LogP contribution in [0.1, 0.15) is 101 Å². The second-order valence-corrected chi connectivity index (χ2v) is 20.6. The van der Waals surface area contributed by atoms with E-state index in [0.717, 1.165) is 54.1 Å². The standard InChI is InChI=1S/C28H26F6N2O3.C22H17F6NO.C7H10F3NO2.C4H5ClO2.3CH4/c29-20-11-9-18(10-12-20)27(16-17-5-2-1-3-6-17,36-26(38)35-23-7-4-8-24(23)37)19-13-21(30)15-22(14-19)39-28(33,34)25(31)32;23-17-8-6-15(7-9-17)21(29,13-14-4-2-1-3-5-14)16-10-18(24)12-19(11-16)30-22(27,28)20(25)26;8-7(9,10)6(13)11-4-2-1-3-5(4)12;1-3(2)7-4(5)6;;;/h1-3,5-6,9-15,23-25,37H,4,7-8,16H2,(H2,35,36,38);1-12,20H,13,29H2;4-5,12H,1-3H2,(H,11,13);1H2,2H3;3*1H4/t23?,24-,27-;21-;4-,5-;;;;/m111..../s1. The quantitative estimate of drug-likeness (QED) is 0.0277. The molecule has 0 radical (unpaired) electrons. The van der Waals surface area contributed by atoms with E-state index in [1.807, 2.05) is 0 Å². The number of rotatable bonds is 18. The lowest BCUT2D eigenvalue weighted by Gasteiger charge is -2.37. The van der Waals surface area contributed by atoms with E-state index in [-0.39, 0.29) is 51.8 Å². The number of carbonyl (C=O) groups is 3. The minimum absolute atomic E-state index is 0. The number of benzene rings is 6. The highest BCUT2D eigenvalue weighted by Crippen LogP contribution is 2.40. The van der Waals surface area contributed by atoms with Crippen molar-refractivity contribution in [3.63, 3.8) is 0 Å². The molecule has 12 nitrogen and oxygen atoms in total. The number of ether oxygens (including phenoxy) is 3. The van der Waals surface area contributed by atoms with E-state index in [9.17, 15) is 85.3 Å². The summed E-state index contributed by atoms with van der Waals surface area (Å²) in [4.78, 5) is 33.5. The molecular weight excluding hydrogens is 1270 g/mol. The molecule has 8 rings (SSSR count). The Balaban J connectivity index is 0.000000479. The van der Waals surface area contributed by atoms with Crippen molar-refractivity contribution in [3.8, 4) is 11.5 Å². The van der Waals surface area contributed by atoms with Crippen molar-refractivity contribution in [2.75, 3.05) is 0 Å². The lowest BCUT2D eigenvalue weighted by molar-refractivity contribution is -0.253. The Kier molecular flexibility index (Phi) is 30.6. The number of alkyl halides is 11. The summed E-state index contributed by atoms with van der Waals surface area (Å²) in [6.45, 7) is 4.81. The lowest BCUT2D eigenvalue weighted by Crippen LogP contribution is -2.55. The Bertz CT molecular complexity index is 3280. The predicted molar refractivity (Wildman–Crippen MR) is 315 cm³/mol. The van der Waals surface area contributed by atoms with Crippen molar-refractivity contribution in [2.24, 2.45) is 5.73 Å². The van der Waals surface area contributed by atoms with Gasteiger partial charge in [-0.25, -0.2) is 27.2 Å². The summed E-state index contributed by atoms with van der Waals surface area (Å²) in [5, 5.41) is 26.5. The average Bonchev–Trinajstić information content (AvgIpc) is 0.890. The summed E-state index contributed by atoms with van der Waals surface area (Å²) in [5.41, 5.74) is 4.38. The molecule has 1 unspecified atom stereocenters. The van der Waals surface area contributed by atoms with Crippen LogP contribution in [0.4, 0.5) is 75.4 Å². The minimum atomic E-state index is -4.91. The van der Waals surface area contributed by atoms with E-state index >= 15 is 0 Å². The van der Waals surface area contributed by atoms with Crippen molar-refractivity contribution in [1.29, 1.82) is 0 Å². The van der Waals surface area contributed by atoms with Crippen LogP contribution in [0.5, 0.6) is 11.5 Å². The summed E-state index contributed by atoms with van der Waals surface area (Å²) in [6.07, 6.45) is -21.3. The lowest BCUT2D eigenvalue weighted by atomic mass is 9.77. The molecule has 2 aliphatic rings. The summed E-state index contributed by atoms with van der Waals surface area (Å²) < 4.78 is 209. The van der Waals surface area contributed by atoms with Gasteiger partial charge in [-0.05, 0) is 134 Å². The molecule has 0 aliphatic heterocycles. The molecule has 0 bridgehead atoms. The van der Waals surface area contributed by atoms with E-state index in [1.165, 1.54) is 24.3 Å². The van der Waals surface area contributed by atoms with Crippen molar-refractivity contribution < 1.29 is 105 Å². The van der Waals surface area contributed by atoms with Gasteiger partial charge in [0.2, 0.25) is 0 Å². The van der Waals surface area contributed by atoms with Crippen LogP contribution in [0.3, 0.4) is 0 Å². The van der Waals surface area contributed by atoms with E-state index in [4.69, 9.17) is 22.4 Å². The van der Waals surface area contributed by atoms with E-state index in [2.05, 4.69) is 31.4 Å². The van der Waals surface area contributed by atoms with E-state index in [1.54, 1.807) is 72.9 Å². The molecule has 2 saturated carbocycles. The molecule has 0 heterocycles. The molecule has 0 aromatic heterocycles. The predicted octanol–water partition coefficient (Wildman–Crippen LogP) is 15.9. The number of hydrogen-bond acceptors (Lipinski definition) is 9. The number of aliphatic hydroxyl groups is 2. The number of allylic oxidation sites excluding steroid dienone is 1. The average molecular weight is 1340 g/mol. The monoisotopic (exact) mass is 1340 g/mol. The third-order valence-electron chi connectivity index (χ3n) is 13.5. The molecular formula is C64H70ClF15N4O8. The van der Waals surface area contributed by atoms with Crippen LogP contribution < -0.4 is 31.2 Å². The fourth-order valence-electron chi connectivity index (χ4n) is 9.39. The zero-order valence-corrected chi connectivity index (χ0v) is 47.4. The molecule has 2 fully saturated rings. The van der Waals surface area contributed by atoms with Crippen LogP contribution in [0.25, 0.3) is 0 Å². The van der Waals surface area contributed by atoms with Gasteiger partial charge in [0, 0.05) is 30.2 Å². The van der Waals surface area contributed by atoms with Gasteiger partial charge in [-0.15, -0.1) is 0 Å². The molecule has 506 valence electrons. The van der Waals surface area contributed by atoms with E-state index < -0.39 is 119 Å². The smallest absolute Gasteiger partial charge is 0.428 e. The normalized spacial score (nSPS) is 17.2. The summed E-state index contributed by atoms with van der Waals surface area (Å²) in [7, 11) is 0. The van der Waals surface area contributed by atoms with Crippen LogP contribution in [-0.2, 0) is 33.5 Å². The van der Waals surface area contributed by atoms with Gasteiger partial charge < -0.3 is 46.1 Å². The van der Waals surface area contributed by atoms with Crippen molar-refractivity contribution in [3.05, 3.63) is 215 Å². The largest absolute Gasteiger partial charge is 0.471 e. The van der Waals surface area contributed by atoms with Gasteiger partial charge in [0.25, 0.3) is 0 Å². The Hall–Kier alpha value is -8.01. The molecule has 28 heteroatoms. The fourth-order valence-corrected chi connectivity index (χ4v) is 9.52. The topological polar surface area (TPSA) is 181 Å². The molecule has 0 spiro atoms. The van der Waals surface area contributed by atoms with Crippen LogP contribution in [0, 0.1) is 23.3 Å². The molecule has 6 atom stereocenters. The van der Waals surface area contributed by atoms with Gasteiger partial charge in [0.1, 0.15) is 34.8 Å². The van der Waals surface area contributed by atoms with Crippen LogP contribution >= 0.6 is 11.6 Å². The number of halogens is 16. The SMILES string of the molecule is C.C.C.C=C(C)OC(=O)Cl.N[C@](Cc1ccccc1)(c1ccc(F)cc1)c1cc(F)cc(OC(F)(F)C(F)F)c1.O=C(NC1CCC[C@H]1O)N[C@](Cc1ccccc1)(c1ccc(F)cc1)c1cc(F)cc(OC(F)(F)C(F)F)c1.O=C(N[C@@H]1CCC[C@H]1O)C(F)(F)F. The van der Waals surface area contributed by atoms with Gasteiger partial charge in [-0.1, -0.05) is 114 Å². The fraction of sp³-hybridized carbons (Fsp3) is 0.359. The number of aliphatic hydroxyl groups excluding tert-OH is 2. The maximum atomic E-state index is 14.8. The van der Waals surface area contributed by atoms with Gasteiger partial charge in [-0.3, -0.25) is 4.79 Å². The maximum absolute atomic E-state index is 14.8. The number of nitrogens with two attached hydrogens (primary N) is 1. The molecule has 7 N–H and O–H groups in total. The summed E-state index contributed by atoms with van der Waals surface area (Å²) in [5.74, 6) is -6.61. The Morgan fingerprint density at radius 3 is 1.35 bits per heavy atom. The van der Waals surface area contributed by atoms with Crippen molar-refractivity contribution in [1.82, 2.24) is 16.0 Å². The molecule has 3 amide bonds.